The van der Waals surface area contributed by atoms with Gasteiger partial charge in [-0.3, -0.25) is 9.98 Å². The second-order valence-corrected chi connectivity index (χ2v) is 9.01. The molecule has 0 amide bonds. The molecule has 1 aromatic carbocycles. The zero-order valence-corrected chi connectivity index (χ0v) is 22.3. The highest BCUT2D eigenvalue weighted by Crippen LogP contribution is 2.42. The fraction of sp³-hybridized carbons (Fsp3) is 0.600. The highest BCUT2D eigenvalue weighted by atomic mass is 16.5. The van der Waals surface area contributed by atoms with Crippen LogP contribution in [0.1, 0.15) is 104 Å². The van der Waals surface area contributed by atoms with Crippen LogP contribution in [0.3, 0.4) is 0 Å². The third-order valence-corrected chi connectivity index (χ3v) is 5.79. The Morgan fingerprint density at radius 1 is 0.686 bits per heavy atom. The van der Waals surface area contributed by atoms with E-state index in [1.807, 2.05) is 30.3 Å². The van der Waals surface area contributed by atoms with E-state index in [9.17, 15) is 0 Å². The highest BCUT2D eigenvalue weighted by Gasteiger charge is 2.16. The Kier molecular flexibility index (Phi) is 15.3. The van der Waals surface area contributed by atoms with Crippen LogP contribution in [-0.2, 0) is 0 Å². The number of unbranched alkanes of at least 4 members (excludes halogenated alkanes) is 9. The van der Waals surface area contributed by atoms with E-state index in [4.69, 9.17) is 14.2 Å². The second kappa shape index (κ2) is 18.7. The van der Waals surface area contributed by atoms with Crippen molar-refractivity contribution in [2.45, 2.75) is 97.8 Å². The van der Waals surface area contributed by atoms with Gasteiger partial charge in [-0.05, 0) is 31.4 Å². The van der Waals surface area contributed by atoms with Crippen molar-refractivity contribution in [3.05, 3.63) is 42.2 Å². The van der Waals surface area contributed by atoms with Crippen molar-refractivity contribution in [3.63, 3.8) is 0 Å². The molecular formula is C30H46N2O3. The van der Waals surface area contributed by atoms with Gasteiger partial charge in [0.1, 0.15) is 0 Å². The first kappa shape index (κ1) is 28.7. The molecule has 194 valence electrons. The van der Waals surface area contributed by atoms with Crippen molar-refractivity contribution in [1.29, 1.82) is 0 Å². The van der Waals surface area contributed by atoms with Gasteiger partial charge >= 0.3 is 0 Å². The molecule has 0 aliphatic rings. The molecule has 0 spiro atoms. The average Bonchev–Trinajstić information content (AvgIpc) is 2.88. The van der Waals surface area contributed by atoms with Crippen LogP contribution in [0.25, 0.3) is 0 Å². The van der Waals surface area contributed by atoms with Crippen molar-refractivity contribution in [3.8, 4) is 17.2 Å². The summed E-state index contributed by atoms with van der Waals surface area (Å²) >= 11 is 0. The van der Waals surface area contributed by atoms with E-state index in [2.05, 4.69) is 30.7 Å². The average molecular weight is 483 g/mol. The summed E-state index contributed by atoms with van der Waals surface area (Å²) in [7, 11) is 0. The van der Waals surface area contributed by atoms with Crippen molar-refractivity contribution < 1.29 is 14.2 Å². The monoisotopic (exact) mass is 482 g/mol. The van der Waals surface area contributed by atoms with E-state index in [1.54, 1.807) is 12.4 Å². The molecule has 0 N–H and O–H groups in total. The number of benzene rings is 1. The smallest absolute Gasteiger partial charge is 0.203 e. The first-order valence-electron chi connectivity index (χ1n) is 13.8. The molecule has 0 saturated heterocycles. The molecule has 0 radical (unpaired) electrons. The first-order valence-corrected chi connectivity index (χ1v) is 13.8. The molecule has 0 fully saturated rings. The van der Waals surface area contributed by atoms with Gasteiger partial charge in [-0.2, -0.15) is 0 Å². The predicted octanol–water partition coefficient (Wildman–Crippen LogP) is 8.71. The lowest BCUT2D eigenvalue weighted by atomic mass is 10.2. The van der Waals surface area contributed by atoms with Crippen LogP contribution in [0, 0.1) is 0 Å². The van der Waals surface area contributed by atoms with Crippen molar-refractivity contribution in [2.24, 2.45) is 4.99 Å². The van der Waals surface area contributed by atoms with Gasteiger partial charge in [0, 0.05) is 18.3 Å². The molecule has 0 atom stereocenters. The number of ether oxygens (including phenoxy) is 3. The number of rotatable bonds is 20. The Labute approximate surface area is 213 Å². The van der Waals surface area contributed by atoms with Gasteiger partial charge in [-0.25, -0.2) is 0 Å². The summed E-state index contributed by atoms with van der Waals surface area (Å²) in [5.74, 6) is 2.15. The summed E-state index contributed by atoms with van der Waals surface area (Å²) in [6.45, 7) is 8.65. The zero-order valence-electron chi connectivity index (χ0n) is 22.3. The van der Waals surface area contributed by atoms with Gasteiger partial charge in [0.15, 0.2) is 11.5 Å². The minimum Gasteiger partial charge on any atom is -0.489 e. The molecular weight excluding hydrogens is 436 g/mol. The lowest BCUT2D eigenvalue weighted by Crippen LogP contribution is -2.06. The summed E-state index contributed by atoms with van der Waals surface area (Å²) in [5, 5.41) is 0. The van der Waals surface area contributed by atoms with Gasteiger partial charge < -0.3 is 14.2 Å². The van der Waals surface area contributed by atoms with E-state index >= 15 is 0 Å². The molecule has 0 aliphatic heterocycles. The second-order valence-electron chi connectivity index (χ2n) is 9.01. The Bertz CT molecular complexity index is 789. The number of aliphatic imine (C=N–C) groups is 1. The Morgan fingerprint density at radius 3 is 1.71 bits per heavy atom. The summed E-state index contributed by atoms with van der Waals surface area (Å²) in [6, 6.07) is 9.72. The number of hydrogen-bond donors (Lipinski definition) is 0. The fourth-order valence-corrected chi connectivity index (χ4v) is 3.71. The molecule has 0 unspecified atom stereocenters. The normalized spacial score (nSPS) is 11.2. The molecule has 5 heteroatoms. The van der Waals surface area contributed by atoms with Crippen LogP contribution < -0.4 is 14.2 Å². The topological polar surface area (TPSA) is 52.9 Å². The van der Waals surface area contributed by atoms with Crippen LogP contribution in [0.15, 0.2) is 41.5 Å². The number of aromatic nitrogens is 1. The third kappa shape index (κ3) is 12.1. The number of nitrogens with zero attached hydrogens (tertiary/aromatic N) is 2. The maximum atomic E-state index is 6.27. The zero-order chi connectivity index (χ0) is 25.0. The van der Waals surface area contributed by atoms with Gasteiger partial charge in [0.2, 0.25) is 5.75 Å². The summed E-state index contributed by atoms with van der Waals surface area (Å²) in [4.78, 5) is 9.01. The summed E-state index contributed by atoms with van der Waals surface area (Å²) in [5.41, 5.74) is 1.59. The lowest BCUT2D eigenvalue weighted by Gasteiger charge is -2.18. The van der Waals surface area contributed by atoms with Crippen LogP contribution in [0.2, 0.25) is 0 Å². The quantitative estimate of drug-likeness (QED) is 0.140. The molecule has 2 rings (SSSR count). The Balaban J connectivity index is 2.23. The van der Waals surface area contributed by atoms with Crippen molar-refractivity contribution in [2.75, 3.05) is 19.8 Å². The summed E-state index contributed by atoms with van der Waals surface area (Å²) < 4.78 is 18.8. The molecule has 0 saturated carbocycles. The van der Waals surface area contributed by atoms with E-state index < -0.39 is 0 Å². The van der Waals surface area contributed by atoms with E-state index in [0.29, 0.717) is 25.6 Å². The molecule has 1 heterocycles. The maximum absolute atomic E-state index is 6.27. The van der Waals surface area contributed by atoms with Gasteiger partial charge in [0.05, 0.1) is 37.4 Å². The molecule has 35 heavy (non-hydrogen) atoms. The van der Waals surface area contributed by atoms with E-state index in [0.717, 1.165) is 42.1 Å². The van der Waals surface area contributed by atoms with E-state index in [1.165, 1.54) is 57.8 Å². The molecule has 1 aromatic heterocycles. The molecule has 0 bridgehead atoms. The minimum absolute atomic E-state index is 0.662. The van der Waals surface area contributed by atoms with Crippen LogP contribution in [0.4, 0.5) is 5.69 Å². The fourth-order valence-electron chi connectivity index (χ4n) is 3.71. The van der Waals surface area contributed by atoms with Crippen LogP contribution in [-0.4, -0.2) is 31.0 Å². The Hall–Kier alpha value is -2.56. The minimum atomic E-state index is 0.662. The molecule has 0 aliphatic carbocycles. The van der Waals surface area contributed by atoms with Crippen LogP contribution in [0.5, 0.6) is 17.2 Å². The van der Waals surface area contributed by atoms with Crippen LogP contribution >= 0.6 is 0 Å². The number of hydrogen-bond acceptors (Lipinski definition) is 5. The van der Waals surface area contributed by atoms with E-state index in [-0.39, 0.29) is 0 Å². The third-order valence-electron chi connectivity index (χ3n) is 5.79. The predicted molar refractivity (Wildman–Crippen MR) is 147 cm³/mol. The molecule has 5 nitrogen and oxygen atoms in total. The number of pyridine rings is 1. The largest absolute Gasteiger partial charge is 0.489 e. The Morgan fingerprint density at radius 2 is 1.23 bits per heavy atom. The highest BCUT2D eigenvalue weighted by molar-refractivity contribution is 5.80. The lowest BCUT2D eigenvalue weighted by molar-refractivity contribution is 0.234. The molecule has 2 aromatic rings. The van der Waals surface area contributed by atoms with Crippen molar-refractivity contribution in [1.82, 2.24) is 4.98 Å². The first-order chi connectivity index (χ1) is 17.3. The van der Waals surface area contributed by atoms with Gasteiger partial charge in [-0.1, -0.05) is 84.6 Å². The summed E-state index contributed by atoms with van der Waals surface area (Å²) in [6.07, 6.45) is 17.4. The SMILES string of the molecule is CCCCCCOc1cc(N=Cc2ccccn2)cc(OCCCCCC)c1OCCCCCC. The van der Waals surface area contributed by atoms with Crippen molar-refractivity contribution >= 4 is 11.9 Å². The van der Waals surface area contributed by atoms with Gasteiger partial charge in [-0.15, -0.1) is 0 Å². The van der Waals surface area contributed by atoms with Gasteiger partial charge in [0.25, 0.3) is 0 Å². The standard InChI is InChI=1S/C30H46N2O3/c1-4-7-10-15-20-33-28-23-27(32-25-26-18-13-14-19-31-26)24-29(34-21-16-11-8-5-2)30(28)35-22-17-12-9-6-3/h13-14,18-19,23-25H,4-12,15-17,20-22H2,1-3H3. The maximum Gasteiger partial charge on any atom is 0.203 e.